The van der Waals surface area contributed by atoms with Gasteiger partial charge < -0.3 is 15.1 Å². The number of hydrogen-bond donors (Lipinski definition) is 1. The van der Waals surface area contributed by atoms with Gasteiger partial charge in [0.2, 0.25) is 0 Å². The molecule has 1 N–H and O–H groups in total. The number of nitrogens with one attached hydrogen (secondary N) is 1. The Morgan fingerprint density at radius 1 is 0.760 bits per heavy atom. The third-order valence-electron chi connectivity index (χ3n) is 4.61. The number of benzene rings is 2. The van der Waals surface area contributed by atoms with Crippen LogP contribution >= 0.6 is 0 Å². The second kappa shape index (κ2) is 7.18. The molecule has 132 valence electrons. The molecule has 1 aliphatic heterocycles. The third-order valence-corrected chi connectivity index (χ3v) is 4.61. The van der Waals surface area contributed by atoms with Gasteiger partial charge in [-0.3, -0.25) is 0 Å². The van der Waals surface area contributed by atoms with E-state index in [4.69, 9.17) is 0 Å². The summed E-state index contributed by atoms with van der Waals surface area (Å²) >= 11 is 0. The average Bonchev–Trinajstić information content (AvgIpc) is 2.53. The van der Waals surface area contributed by atoms with Crippen LogP contribution in [0.2, 0.25) is 0 Å². The molecule has 2 aromatic carbocycles. The van der Waals surface area contributed by atoms with Gasteiger partial charge in [-0.2, -0.15) is 0 Å². The van der Waals surface area contributed by atoms with Gasteiger partial charge in [-0.05, 0) is 74.2 Å². The fourth-order valence-corrected chi connectivity index (χ4v) is 3.55. The van der Waals surface area contributed by atoms with E-state index in [9.17, 15) is 4.79 Å². The molecule has 4 nitrogen and oxygen atoms in total. The molecule has 0 spiro atoms. The maximum atomic E-state index is 12.5. The molecule has 4 heteroatoms. The van der Waals surface area contributed by atoms with Gasteiger partial charge >= 0.3 is 6.03 Å². The molecule has 0 saturated carbocycles. The zero-order valence-electron chi connectivity index (χ0n) is 15.6. The molecule has 25 heavy (non-hydrogen) atoms. The van der Waals surface area contributed by atoms with Crippen molar-refractivity contribution in [3.05, 3.63) is 58.7 Å². The van der Waals surface area contributed by atoms with E-state index in [2.05, 4.69) is 48.3 Å². The summed E-state index contributed by atoms with van der Waals surface area (Å²) in [5, 5.41) is 3.03. The van der Waals surface area contributed by atoms with Crippen LogP contribution in [0.5, 0.6) is 0 Å². The first-order valence-electron chi connectivity index (χ1n) is 8.88. The number of urea groups is 1. The van der Waals surface area contributed by atoms with E-state index in [1.165, 1.54) is 16.8 Å². The minimum Gasteiger partial charge on any atom is -0.368 e. The number of carbonyl (C=O) groups excluding carboxylic acids is 1. The zero-order valence-corrected chi connectivity index (χ0v) is 15.6. The van der Waals surface area contributed by atoms with Crippen LogP contribution < -0.4 is 10.2 Å². The van der Waals surface area contributed by atoms with Gasteiger partial charge in [0, 0.05) is 37.6 Å². The smallest absolute Gasteiger partial charge is 0.321 e. The lowest BCUT2D eigenvalue weighted by Gasteiger charge is -2.36. The zero-order chi connectivity index (χ0) is 18.0. The summed E-state index contributed by atoms with van der Waals surface area (Å²) in [6.45, 7) is 11.6. The molecule has 1 fully saturated rings. The van der Waals surface area contributed by atoms with E-state index in [-0.39, 0.29) is 6.03 Å². The average molecular weight is 337 g/mol. The molecule has 0 aromatic heterocycles. The first-order valence-corrected chi connectivity index (χ1v) is 8.88. The Labute approximate surface area is 150 Å². The minimum absolute atomic E-state index is 0.00919. The van der Waals surface area contributed by atoms with Crippen molar-refractivity contribution >= 4 is 17.4 Å². The Morgan fingerprint density at radius 3 is 1.76 bits per heavy atom. The summed E-state index contributed by atoms with van der Waals surface area (Å²) in [6, 6.07) is 12.8. The van der Waals surface area contributed by atoms with Crippen LogP contribution in [0.25, 0.3) is 0 Å². The normalized spacial score (nSPS) is 14.6. The maximum absolute atomic E-state index is 12.5. The van der Waals surface area contributed by atoms with E-state index in [1.54, 1.807) is 0 Å². The fourth-order valence-electron chi connectivity index (χ4n) is 3.55. The van der Waals surface area contributed by atoms with Crippen molar-refractivity contribution in [3.8, 4) is 0 Å². The Morgan fingerprint density at radius 2 is 1.24 bits per heavy atom. The number of rotatable bonds is 2. The number of hydrogen-bond acceptors (Lipinski definition) is 2. The van der Waals surface area contributed by atoms with Crippen LogP contribution in [0, 0.1) is 27.7 Å². The molecular formula is C21H27N3O. The Kier molecular flexibility index (Phi) is 4.98. The molecule has 0 aliphatic carbocycles. The van der Waals surface area contributed by atoms with Gasteiger partial charge in [0.05, 0.1) is 0 Å². The Bertz CT molecular complexity index is 736. The summed E-state index contributed by atoms with van der Waals surface area (Å²) in [7, 11) is 0. The monoisotopic (exact) mass is 337 g/mol. The van der Waals surface area contributed by atoms with Crippen LogP contribution in [-0.4, -0.2) is 37.1 Å². The number of nitrogens with zero attached hydrogens (tertiary/aromatic N) is 2. The van der Waals surface area contributed by atoms with Crippen LogP contribution in [-0.2, 0) is 0 Å². The van der Waals surface area contributed by atoms with Crippen molar-refractivity contribution in [2.24, 2.45) is 0 Å². The highest BCUT2D eigenvalue weighted by atomic mass is 16.2. The van der Waals surface area contributed by atoms with E-state index < -0.39 is 0 Å². The van der Waals surface area contributed by atoms with Crippen LogP contribution in [0.4, 0.5) is 16.2 Å². The number of piperazine rings is 1. The van der Waals surface area contributed by atoms with Gasteiger partial charge in [-0.1, -0.05) is 12.1 Å². The third kappa shape index (κ3) is 4.32. The molecule has 1 saturated heterocycles. The minimum atomic E-state index is -0.00919. The summed E-state index contributed by atoms with van der Waals surface area (Å²) in [5.41, 5.74) is 7.02. The first kappa shape index (κ1) is 17.3. The maximum Gasteiger partial charge on any atom is 0.321 e. The Hall–Kier alpha value is -2.49. The van der Waals surface area contributed by atoms with Crippen molar-refractivity contribution in [3.63, 3.8) is 0 Å². The quantitative estimate of drug-likeness (QED) is 0.888. The molecule has 1 heterocycles. The topological polar surface area (TPSA) is 35.6 Å². The molecule has 0 unspecified atom stereocenters. The lowest BCUT2D eigenvalue weighted by atomic mass is 10.1. The van der Waals surface area contributed by atoms with Crippen molar-refractivity contribution in [1.82, 2.24) is 4.90 Å². The van der Waals surface area contributed by atoms with Crippen molar-refractivity contribution < 1.29 is 4.79 Å². The highest BCUT2D eigenvalue weighted by Crippen LogP contribution is 2.21. The largest absolute Gasteiger partial charge is 0.368 e. The summed E-state index contributed by atoms with van der Waals surface area (Å²) in [6.07, 6.45) is 0. The molecule has 0 bridgehead atoms. The SMILES string of the molecule is Cc1cc(C)cc(NC(=O)N2CCN(c3cc(C)cc(C)c3)CC2)c1. The van der Waals surface area contributed by atoms with Crippen LogP contribution in [0.3, 0.4) is 0 Å². The van der Waals surface area contributed by atoms with E-state index in [0.29, 0.717) is 0 Å². The standard InChI is InChI=1S/C21H27N3O/c1-15-9-16(2)12-19(11-15)22-21(25)24-7-5-23(6-8-24)20-13-17(3)10-18(4)14-20/h9-14H,5-8H2,1-4H3,(H,22,25). The Balaban J connectivity index is 1.60. The lowest BCUT2D eigenvalue weighted by Crippen LogP contribution is -2.50. The molecule has 0 radical (unpaired) electrons. The lowest BCUT2D eigenvalue weighted by molar-refractivity contribution is 0.208. The predicted octanol–water partition coefficient (Wildman–Crippen LogP) is 4.27. The first-order chi connectivity index (χ1) is 11.9. The van der Waals surface area contributed by atoms with Crippen molar-refractivity contribution in [2.75, 3.05) is 36.4 Å². The highest BCUT2D eigenvalue weighted by Gasteiger charge is 2.21. The van der Waals surface area contributed by atoms with Crippen LogP contribution in [0.1, 0.15) is 22.3 Å². The van der Waals surface area contributed by atoms with Crippen molar-refractivity contribution in [2.45, 2.75) is 27.7 Å². The van der Waals surface area contributed by atoms with Crippen LogP contribution in [0.15, 0.2) is 36.4 Å². The molecular weight excluding hydrogens is 310 g/mol. The van der Waals surface area contributed by atoms with Gasteiger partial charge in [-0.25, -0.2) is 4.79 Å². The number of amides is 2. The molecule has 0 atom stereocenters. The van der Waals surface area contributed by atoms with Gasteiger partial charge in [0.1, 0.15) is 0 Å². The van der Waals surface area contributed by atoms with Gasteiger partial charge in [-0.15, -0.1) is 0 Å². The summed E-state index contributed by atoms with van der Waals surface area (Å²) in [5.74, 6) is 0. The number of aryl methyl sites for hydroxylation is 4. The van der Waals surface area contributed by atoms with Gasteiger partial charge in [0.15, 0.2) is 0 Å². The van der Waals surface area contributed by atoms with Crippen molar-refractivity contribution in [1.29, 1.82) is 0 Å². The number of anilines is 2. The number of carbonyl (C=O) groups is 1. The molecule has 2 amide bonds. The predicted molar refractivity (Wildman–Crippen MR) is 105 cm³/mol. The molecule has 1 aliphatic rings. The second-order valence-corrected chi connectivity index (χ2v) is 7.13. The molecule has 2 aromatic rings. The van der Waals surface area contributed by atoms with E-state index in [0.717, 1.165) is 43.0 Å². The van der Waals surface area contributed by atoms with Gasteiger partial charge in [0.25, 0.3) is 0 Å². The fraction of sp³-hybridized carbons (Fsp3) is 0.381. The van der Waals surface area contributed by atoms with E-state index >= 15 is 0 Å². The second-order valence-electron chi connectivity index (χ2n) is 7.13. The molecule has 3 rings (SSSR count). The summed E-state index contributed by atoms with van der Waals surface area (Å²) < 4.78 is 0. The highest BCUT2D eigenvalue weighted by molar-refractivity contribution is 5.89. The van der Waals surface area contributed by atoms with E-state index in [1.807, 2.05) is 30.9 Å². The summed E-state index contributed by atoms with van der Waals surface area (Å²) in [4.78, 5) is 16.8.